The third-order valence-corrected chi connectivity index (χ3v) is 5.21. The van der Waals surface area contributed by atoms with Crippen LogP contribution in [0.3, 0.4) is 0 Å². The molecule has 0 aromatic rings. The van der Waals surface area contributed by atoms with Gasteiger partial charge in [0.2, 0.25) is 11.8 Å². The molecule has 0 saturated heterocycles. The summed E-state index contributed by atoms with van der Waals surface area (Å²) in [4.78, 5) is 37.5. The van der Waals surface area contributed by atoms with E-state index in [2.05, 4.69) is 11.7 Å². The maximum absolute atomic E-state index is 12.9. The van der Waals surface area contributed by atoms with Crippen molar-refractivity contribution < 1.29 is 19.1 Å². The van der Waals surface area contributed by atoms with Crippen LogP contribution in [0.2, 0.25) is 0 Å². The molecule has 7 nitrogen and oxygen atoms in total. The topological polar surface area (TPSA) is 116 Å². The summed E-state index contributed by atoms with van der Waals surface area (Å²) in [5.41, 5.74) is 11.6. The quantitative estimate of drug-likeness (QED) is 0.264. The van der Waals surface area contributed by atoms with Crippen molar-refractivity contribution in [2.75, 3.05) is 13.7 Å². The van der Waals surface area contributed by atoms with E-state index in [1.807, 2.05) is 6.92 Å². The number of ether oxygens (including phenoxy) is 1. The van der Waals surface area contributed by atoms with Gasteiger partial charge in [0.25, 0.3) is 0 Å². The minimum Gasteiger partial charge on any atom is -0.469 e. The second kappa shape index (κ2) is 17.2. The van der Waals surface area contributed by atoms with E-state index < -0.39 is 11.9 Å². The normalized spacial score (nSPS) is 13.0. The summed E-state index contributed by atoms with van der Waals surface area (Å²) in [6.45, 7) is 4.75. The number of esters is 1. The molecule has 170 valence electrons. The lowest BCUT2D eigenvalue weighted by Gasteiger charge is -2.33. The molecule has 0 aromatic heterocycles. The molecule has 2 atom stereocenters. The molecule has 0 aromatic carbocycles. The highest BCUT2D eigenvalue weighted by molar-refractivity contribution is 5.83. The highest BCUT2D eigenvalue weighted by atomic mass is 16.5. The third-order valence-electron chi connectivity index (χ3n) is 5.21. The van der Waals surface area contributed by atoms with Gasteiger partial charge >= 0.3 is 5.97 Å². The van der Waals surface area contributed by atoms with Gasteiger partial charge in [-0.1, -0.05) is 58.8 Å². The molecule has 0 unspecified atom stereocenters. The van der Waals surface area contributed by atoms with Crippen LogP contribution < -0.4 is 11.5 Å². The maximum atomic E-state index is 12.9. The lowest BCUT2D eigenvalue weighted by Crippen LogP contribution is -2.50. The molecule has 0 fully saturated rings. The fourth-order valence-electron chi connectivity index (χ4n) is 3.56. The van der Waals surface area contributed by atoms with Gasteiger partial charge in [0.05, 0.1) is 13.2 Å². The third kappa shape index (κ3) is 13.3. The summed E-state index contributed by atoms with van der Waals surface area (Å²) in [5, 5.41) is 0. The number of carbonyl (C=O) groups excluding carboxylic acids is 3. The summed E-state index contributed by atoms with van der Waals surface area (Å²) in [6, 6.07) is -0.891. The molecule has 0 spiro atoms. The monoisotopic (exact) mass is 413 g/mol. The summed E-state index contributed by atoms with van der Waals surface area (Å²) in [5.74, 6) is -0.863. The lowest BCUT2D eigenvalue weighted by molar-refractivity contribution is -0.141. The first kappa shape index (κ1) is 27.4. The first-order valence-electron chi connectivity index (χ1n) is 11.3. The molecule has 2 amide bonds. The van der Waals surface area contributed by atoms with Crippen molar-refractivity contribution in [2.45, 2.75) is 109 Å². The number of nitrogens with two attached hydrogens (primary N) is 2. The fraction of sp³-hybridized carbons (Fsp3) is 0.864. The van der Waals surface area contributed by atoms with Crippen molar-refractivity contribution in [2.24, 2.45) is 11.5 Å². The SMILES string of the molecule is CCCCCCCCC[C@@H](CC(N)=O)N(CCC)C(=O)[C@@H](N)CCCC(=O)OC. The largest absolute Gasteiger partial charge is 0.469 e. The Kier molecular flexibility index (Phi) is 16.3. The molecule has 0 aliphatic heterocycles. The summed E-state index contributed by atoms with van der Waals surface area (Å²) >= 11 is 0. The smallest absolute Gasteiger partial charge is 0.305 e. The van der Waals surface area contributed by atoms with Gasteiger partial charge < -0.3 is 21.1 Å². The van der Waals surface area contributed by atoms with Gasteiger partial charge in [0.1, 0.15) is 0 Å². The predicted octanol–water partition coefficient (Wildman–Crippen LogP) is 3.28. The van der Waals surface area contributed by atoms with Gasteiger partial charge in [0, 0.05) is 25.4 Å². The Morgan fingerprint density at radius 3 is 2.07 bits per heavy atom. The lowest BCUT2D eigenvalue weighted by atomic mass is 9.99. The van der Waals surface area contributed by atoms with Gasteiger partial charge in [-0.3, -0.25) is 14.4 Å². The molecular formula is C22H43N3O4. The number of rotatable bonds is 18. The van der Waals surface area contributed by atoms with E-state index in [4.69, 9.17) is 11.5 Å². The molecule has 0 aliphatic carbocycles. The van der Waals surface area contributed by atoms with Gasteiger partial charge in [-0.15, -0.1) is 0 Å². The number of hydrogen-bond acceptors (Lipinski definition) is 5. The predicted molar refractivity (Wildman–Crippen MR) is 116 cm³/mol. The zero-order valence-electron chi connectivity index (χ0n) is 18.8. The summed E-state index contributed by atoms with van der Waals surface area (Å²) in [6.07, 6.45) is 11.1. The van der Waals surface area contributed by atoms with Crippen molar-refractivity contribution in [3.8, 4) is 0 Å². The molecule has 0 rings (SSSR count). The molecule has 0 heterocycles. The van der Waals surface area contributed by atoms with Crippen molar-refractivity contribution >= 4 is 17.8 Å². The van der Waals surface area contributed by atoms with E-state index in [1.165, 1.54) is 39.2 Å². The highest BCUT2D eigenvalue weighted by Crippen LogP contribution is 2.18. The van der Waals surface area contributed by atoms with Gasteiger partial charge in [-0.2, -0.15) is 0 Å². The van der Waals surface area contributed by atoms with E-state index in [0.717, 1.165) is 25.7 Å². The Hall–Kier alpha value is -1.63. The Labute approximate surface area is 176 Å². The number of carbonyl (C=O) groups is 3. The molecule has 0 radical (unpaired) electrons. The molecule has 0 saturated carbocycles. The molecular weight excluding hydrogens is 370 g/mol. The zero-order valence-corrected chi connectivity index (χ0v) is 18.8. The van der Waals surface area contributed by atoms with Crippen molar-refractivity contribution in [3.63, 3.8) is 0 Å². The molecule has 0 aliphatic rings. The van der Waals surface area contributed by atoms with E-state index in [0.29, 0.717) is 19.4 Å². The standard InChI is InChI=1S/C22H43N3O4/c1-4-6-7-8-9-10-11-13-18(17-20(24)26)25(16-5-2)22(28)19(23)14-12-15-21(27)29-3/h18-19H,4-17,23H2,1-3H3,(H2,24,26)/t18-,19-/m0/s1. The van der Waals surface area contributed by atoms with Crippen LogP contribution in [0.15, 0.2) is 0 Å². The van der Waals surface area contributed by atoms with Gasteiger partial charge in [-0.25, -0.2) is 0 Å². The second-order valence-corrected chi connectivity index (χ2v) is 7.84. The number of methoxy groups -OCH3 is 1. The Bertz CT molecular complexity index is 471. The maximum Gasteiger partial charge on any atom is 0.305 e. The van der Waals surface area contributed by atoms with Crippen LogP contribution >= 0.6 is 0 Å². The van der Waals surface area contributed by atoms with Crippen molar-refractivity contribution in [3.05, 3.63) is 0 Å². The number of amides is 2. The van der Waals surface area contributed by atoms with E-state index in [9.17, 15) is 14.4 Å². The highest BCUT2D eigenvalue weighted by Gasteiger charge is 2.28. The number of unbranched alkanes of at least 4 members (excludes halogenated alkanes) is 6. The van der Waals surface area contributed by atoms with Crippen LogP contribution in [0, 0.1) is 0 Å². The van der Waals surface area contributed by atoms with Crippen LogP contribution in [0.5, 0.6) is 0 Å². The van der Waals surface area contributed by atoms with Crippen LogP contribution in [0.25, 0.3) is 0 Å². The van der Waals surface area contributed by atoms with Crippen molar-refractivity contribution in [1.29, 1.82) is 0 Å². The van der Waals surface area contributed by atoms with E-state index in [1.54, 1.807) is 4.90 Å². The Morgan fingerprint density at radius 1 is 0.897 bits per heavy atom. The minimum absolute atomic E-state index is 0.161. The fourth-order valence-corrected chi connectivity index (χ4v) is 3.56. The van der Waals surface area contributed by atoms with Gasteiger partial charge in [-0.05, 0) is 25.7 Å². The van der Waals surface area contributed by atoms with Gasteiger partial charge in [0.15, 0.2) is 0 Å². The van der Waals surface area contributed by atoms with Crippen LogP contribution in [-0.2, 0) is 19.1 Å². The average Bonchev–Trinajstić information content (AvgIpc) is 2.69. The number of hydrogen-bond donors (Lipinski definition) is 2. The van der Waals surface area contributed by atoms with Crippen molar-refractivity contribution in [1.82, 2.24) is 4.90 Å². The van der Waals surface area contributed by atoms with E-state index in [-0.39, 0.29) is 30.8 Å². The van der Waals surface area contributed by atoms with Crippen LogP contribution in [-0.4, -0.2) is 48.4 Å². The Balaban J connectivity index is 4.74. The second-order valence-electron chi connectivity index (χ2n) is 7.84. The zero-order chi connectivity index (χ0) is 22.1. The van der Waals surface area contributed by atoms with Crippen LogP contribution in [0.1, 0.15) is 97.3 Å². The minimum atomic E-state index is -0.685. The number of primary amides is 1. The molecule has 0 bridgehead atoms. The molecule has 7 heteroatoms. The summed E-state index contributed by atoms with van der Waals surface area (Å²) in [7, 11) is 1.34. The number of nitrogens with zero attached hydrogens (tertiary/aromatic N) is 1. The Morgan fingerprint density at radius 2 is 1.52 bits per heavy atom. The first-order valence-corrected chi connectivity index (χ1v) is 11.3. The average molecular weight is 414 g/mol. The van der Waals surface area contributed by atoms with E-state index >= 15 is 0 Å². The molecule has 4 N–H and O–H groups in total. The first-order chi connectivity index (χ1) is 13.9. The molecule has 29 heavy (non-hydrogen) atoms. The summed E-state index contributed by atoms with van der Waals surface area (Å²) < 4.78 is 4.62. The van der Waals surface area contributed by atoms with Crippen LogP contribution in [0.4, 0.5) is 0 Å².